The average molecular weight is 545 g/mol. The SMILES string of the molecule is Cc1cc(N2C[C@H]3CC[C@@H](C2)[C@H]3Nc2nc(Oc3ccc(F)c(C(F)(F)F)c3)n(CC(F)(F)F)n2)ncn1. The fourth-order valence-electron chi connectivity index (χ4n) is 5.04. The second-order valence-electron chi connectivity index (χ2n) is 9.42. The average Bonchev–Trinajstić information content (AvgIpc) is 3.27. The van der Waals surface area contributed by atoms with Crippen LogP contribution in [-0.4, -0.2) is 50.0 Å². The van der Waals surface area contributed by atoms with Crippen LogP contribution in [0, 0.1) is 24.6 Å². The lowest BCUT2D eigenvalue weighted by atomic mass is 9.92. The number of aromatic nitrogens is 5. The number of alkyl halides is 6. The quantitative estimate of drug-likeness (QED) is 0.426. The monoisotopic (exact) mass is 545 g/mol. The normalized spacial score (nSPS) is 21.6. The van der Waals surface area contributed by atoms with Crippen molar-refractivity contribution >= 4 is 11.8 Å². The number of rotatable bonds is 6. The number of ether oxygens (including phenoxy) is 1. The molecule has 1 aliphatic heterocycles. The van der Waals surface area contributed by atoms with Crippen molar-refractivity contribution in [1.29, 1.82) is 0 Å². The molecule has 8 nitrogen and oxygen atoms in total. The minimum Gasteiger partial charge on any atom is -0.424 e. The maximum Gasteiger partial charge on any atom is 0.419 e. The van der Waals surface area contributed by atoms with Gasteiger partial charge in [-0.15, -0.1) is 5.10 Å². The molecule has 0 amide bonds. The molecule has 0 radical (unpaired) electrons. The van der Waals surface area contributed by atoms with Gasteiger partial charge in [-0.25, -0.2) is 19.0 Å². The zero-order chi connectivity index (χ0) is 27.2. The topological polar surface area (TPSA) is 81.0 Å². The van der Waals surface area contributed by atoms with Crippen molar-refractivity contribution < 1.29 is 35.5 Å². The van der Waals surface area contributed by atoms with E-state index in [-0.39, 0.29) is 23.8 Å². The molecule has 2 bridgehead atoms. The highest BCUT2D eigenvalue weighted by molar-refractivity contribution is 5.42. The summed E-state index contributed by atoms with van der Waals surface area (Å²) in [6.45, 7) is 1.61. The Morgan fingerprint density at radius 1 is 1.03 bits per heavy atom. The van der Waals surface area contributed by atoms with E-state index in [2.05, 4.69) is 30.3 Å². The van der Waals surface area contributed by atoms with Gasteiger partial charge in [-0.3, -0.25) is 0 Å². The Kier molecular flexibility index (Phi) is 6.55. The summed E-state index contributed by atoms with van der Waals surface area (Å²) in [5.74, 6) is -1.15. The van der Waals surface area contributed by atoms with Crippen molar-refractivity contribution in [3.8, 4) is 11.8 Å². The van der Waals surface area contributed by atoms with Crippen LogP contribution in [0.2, 0.25) is 0 Å². The highest BCUT2D eigenvalue weighted by Crippen LogP contribution is 2.40. The minimum atomic E-state index is -5.02. The first-order valence-corrected chi connectivity index (χ1v) is 11.7. The predicted octanol–water partition coefficient (Wildman–Crippen LogP) is 5.22. The fourth-order valence-corrected chi connectivity index (χ4v) is 5.04. The smallest absolute Gasteiger partial charge is 0.419 e. The number of fused-ring (bicyclic) bond motifs is 2. The van der Waals surface area contributed by atoms with E-state index in [0.29, 0.717) is 29.9 Å². The number of aryl methyl sites for hydroxylation is 1. The Morgan fingerprint density at radius 2 is 1.74 bits per heavy atom. The second-order valence-corrected chi connectivity index (χ2v) is 9.42. The molecule has 3 aromatic rings. The van der Waals surface area contributed by atoms with Crippen LogP contribution in [-0.2, 0) is 12.7 Å². The van der Waals surface area contributed by atoms with Gasteiger partial charge in [0.25, 0.3) is 0 Å². The third-order valence-electron chi connectivity index (χ3n) is 6.66. The van der Waals surface area contributed by atoms with Crippen LogP contribution in [0.5, 0.6) is 11.8 Å². The van der Waals surface area contributed by atoms with Crippen molar-refractivity contribution in [2.75, 3.05) is 23.3 Å². The molecule has 1 saturated heterocycles. The molecule has 2 aromatic heterocycles. The predicted molar refractivity (Wildman–Crippen MR) is 120 cm³/mol. The van der Waals surface area contributed by atoms with Gasteiger partial charge in [0.05, 0.1) is 5.56 Å². The van der Waals surface area contributed by atoms with Crippen LogP contribution >= 0.6 is 0 Å². The summed E-state index contributed by atoms with van der Waals surface area (Å²) >= 11 is 0. The van der Waals surface area contributed by atoms with Crippen LogP contribution in [0.25, 0.3) is 0 Å². The number of halogens is 7. The molecular weight excluding hydrogens is 523 g/mol. The molecule has 3 atom stereocenters. The second kappa shape index (κ2) is 9.58. The molecule has 1 N–H and O–H groups in total. The summed E-state index contributed by atoms with van der Waals surface area (Å²) in [7, 11) is 0. The third kappa shape index (κ3) is 5.60. The van der Waals surface area contributed by atoms with Crippen molar-refractivity contribution in [3.63, 3.8) is 0 Å². The van der Waals surface area contributed by atoms with E-state index in [9.17, 15) is 30.7 Å². The lowest BCUT2D eigenvalue weighted by Gasteiger charge is -2.38. The summed E-state index contributed by atoms with van der Waals surface area (Å²) in [6, 6.07) is 2.83. The molecular formula is C23H22F7N7O. The van der Waals surface area contributed by atoms with Gasteiger partial charge in [-0.1, -0.05) is 0 Å². The van der Waals surface area contributed by atoms with E-state index in [1.165, 1.54) is 6.33 Å². The van der Waals surface area contributed by atoms with Crippen LogP contribution in [0.3, 0.4) is 0 Å². The van der Waals surface area contributed by atoms with Gasteiger partial charge in [0.2, 0.25) is 5.95 Å². The van der Waals surface area contributed by atoms with E-state index >= 15 is 0 Å². The highest BCUT2D eigenvalue weighted by atomic mass is 19.4. The van der Waals surface area contributed by atoms with Gasteiger partial charge in [0.1, 0.15) is 30.3 Å². The third-order valence-corrected chi connectivity index (χ3v) is 6.66. The minimum absolute atomic E-state index is 0.133. The van der Waals surface area contributed by atoms with Gasteiger partial charge in [-0.2, -0.15) is 31.3 Å². The Morgan fingerprint density at radius 3 is 2.37 bits per heavy atom. The molecule has 38 heavy (non-hydrogen) atoms. The number of nitrogens with one attached hydrogen (secondary N) is 1. The van der Waals surface area contributed by atoms with Gasteiger partial charge < -0.3 is 15.0 Å². The van der Waals surface area contributed by atoms with Crippen LogP contribution < -0.4 is 15.0 Å². The number of benzene rings is 1. The van der Waals surface area contributed by atoms with Crippen LogP contribution in [0.1, 0.15) is 24.1 Å². The van der Waals surface area contributed by atoms with Crippen molar-refractivity contribution in [3.05, 3.63) is 47.7 Å². The molecule has 2 fully saturated rings. The number of hydrogen-bond acceptors (Lipinski definition) is 7. The van der Waals surface area contributed by atoms with E-state index in [0.717, 1.165) is 30.4 Å². The van der Waals surface area contributed by atoms with Crippen molar-refractivity contribution in [2.45, 2.75) is 44.7 Å². The number of nitrogens with zero attached hydrogens (tertiary/aromatic N) is 6. The molecule has 1 saturated carbocycles. The lowest BCUT2D eigenvalue weighted by Crippen LogP contribution is -2.48. The van der Waals surface area contributed by atoms with Crippen molar-refractivity contribution in [2.24, 2.45) is 11.8 Å². The van der Waals surface area contributed by atoms with Gasteiger partial charge in [-0.05, 0) is 49.8 Å². The summed E-state index contributed by atoms with van der Waals surface area (Å²) in [5, 5.41) is 6.99. The molecule has 15 heteroatoms. The molecule has 3 heterocycles. The Balaban J connectivity index is 1.36. The molecule has 1 aromatic carbocycles. The van der Waals surface area contributed by atoms with E-state index in [1.807, 2.05) is 13.0 Å². The van der Waals surface area contributed by atoms with Crippen LogP contribution in [0.15, 0.2) is 30.6 Å². The summed E-state index contributed by atoms with van der Waals surface area (Å²) in [5.41, 5.74) is -0.782. The van der Waals surface area contributed by atoms with Gasteiger partial charge >= 0.3 is 18.4 Å². The molecule has 0 spiro atoms. The Labute approximate surface area is 211 Å². The van der Waals surface area contributed by atoms with Gasteiger partial charge in [0.15, 0.2) is 0 Å². The standard InChI is InChI=1S/C23H22F7N7O/c1-12-6-18(32-11-31-12)36-8-13-2-3-14(9-36)19(13)33-20-34-21(37(35-20)10-22(25,26)27)38-15-4-5-17(24)16(7-15)23(28,29)30/h4-7,11,13-14,19H,2-3,8-10H2,1H3,(H,33,35)/t13-,14+,19+. The van der Waals surface area contributed by atoms with Crippen molar-refractivity contribution in [1.82, 2.24) is 24.7 Å². The lowest BCUT2D eigenvalue weighted by molar-refractivity contribution is -0.143. The van der Waals surface area contributed by atoms with Gasteiger partial charge in [0, 0.05) is 30.9 Å². The Hall–Kier alpha value is -3.65. The number of hydrogen-bond donors (Lipinski definition) is 1. The largest absolute Gasteiger partial charge is 0.424 e. The molecule has 2 aliphatic rings. The zero-order valence-corrected chi connectivity index (χ0v) is 19.9. The molecule has 1 aliphatic carbocycles. The summed E-state index contributed by atoms with van der Waals surface area (Å²) in [4.78, 5) is 14.6. The summed E-state index contributed by atoms with van der Waals surface area (Å²) in [6.07, 6.45) is -6.47. The summed E-state index contributed by atoms with van der Waals surface area (Å²) < 4.78 is 98.1. The maximum absolute atomic E-state index is 13.6. The number of anilines is 2. The number of piperidine rings is 1. The zero-order valence-electron chi connectivity index (χ0n) is 19.9. The van der Waals surface area contributed by atoms with E-state index < -0.39 is 42.0 Å². The first kappa shape index (κ1) is 26.0. The fraction of sp³-hybridized carbons (Fsp3) is 0.478. The molecule has 0 unspecified atom stereocenters. The first-order valence-electron chi connectivity index (χ1n) is 11.7. The first-order chi connectivity index (χ1) is 17.9. The highest BCUT2D eigenvalue weighted by Gasteiger charge is 2.43. The molecule has 5 rings (SSSR count). The Bertz CT molecular complexity index is 1300. The van der Waals surface area contributed by atoms with Crippen LogP contribution in [0.4, 0.5) is 42.5 Å². The van der Waals surface area contributed by atoms with E-state index in [1.54, 1.807) is 0 Å². The van der Waals surface area contributed by atoms with E-state index in [4.69, 9.17) is 4.74 Å². The maximum atomic E-state index is 13.6. The molecule has 204 valence electrons.